The maximum atomic E-state index is 4.22. The Morgan fingerprint density at radius 1 is 1.70 bits per heavy atom. The van der Waals surface area contributed by atoms with E-state index >= 15 is 0 Å². The fourth-order valence-corrected chi connectivity index (χ4v) is 1.58. The van der Waals surface area contributed by atoms with Crippen molar-refractivity contribution in [3.63, 3.8) is 0 Å². The summed E-state index contributed by atoms with van der Waals surface area (Å²) in [5, 5.41) is 3.31. The minimum atomic E-state index is 0.783. The summed E-state index contributed by atoms with van der Waals surface area (Å²) in [4.78, 5) is 4.22. The Bertz CT molecular complexity index is 169. The van der Waals surface area contributed by atoms with Crippen LogP contribution in [0.15, 0.2) is 11.6 Å². The van der Waals surface area contributed by atoms with Crippen LogP contribution in [-0.2, 0) is 6.42 Å². The molecule has 0 aliphatic carbocycles. The van der Waals surface area contributed by atoms with Gasteiger partial charge < -0.3 is 0 Å². The number of aromatic nitrogens is 1. The second-order valence-electron chi connectivity index (χ2n) is 2.64. The Kier molecular flexibility index (Phi) is 2.87. The van der Waals surface area contributed by atoms with Gasteiger partial charge in [-0.15, -0.1) is 11.3 Å². The van der Waals surface area contributed by atoms with Crippen molar-refractivity contribution in [2.75, 3.05) is 0 Å². The molecular formula is C8H13NS. The summed E-state index contributed by atoms with van der Waals surface area (Å²) in [5.41, 5.74) is 0. The fourth-order valence-electron chi connectivity index (χ4n) is 0.796. The normalized spacial score (nSPS) is 13.4. The third-order valence-corrected chi connectivity index (χ3v) is 2.51. The largest absolute Gasteiger partial charge is 0.250 e. The summed E-state index contributed by atoms with van der Waals surface area (Å²) in [6.07, 6.45) is 4.27. The Labute approximate surface area is 66.1 Å². The Morgan fingerprint density at radius 2 is 2.50 bits per heavy atom. The molecule has 1 aromatic rings. The quantitative estimate of drug-likeness (QED) is 0.654. The highest BCUT2D eigenvalue weighted by Gasteiger charge is 2.01. The molecule has 0 bridgehead atoms. The summed E-state index contributed by atoms with van der Waals surface area (Å²) in [7, 11) is 0. The van der Waals surface area contributed by atoms with Crippen LogP contribution in [0, 0.1) is 5.92 Å². The molecule has 0 spiro atoms. The number of rotatable bonds is 3. The van der Waals surface area contributed by atoms with Crippen molar-refractivity contribution in [1.82, 2.24) is 4.98 Å². The summed E-state index contributed by atoms with van der Waals surface area (Å²) in [6.45, 7) is 4.49. The fraction of sp³-hybridized carbons (Fsp3) is 0.625. The molecule has 10 heavy (non-hydrogen) atoms. The molecule has 2 heteroatoms. The highest BCUT2D eigenvalue weighted by atomic mass is 32.1. The molecule has 0 fully saturated rings. The van der Waals surface area contributed by atoms with Gasteiger partial charge in [0.25, 0.3) is 0 Å². The summed E-state index contributed by atoms with van der Waals surface area (Å²) in [6, 6.07) is 0. The molecule has 0 aliphatic rings. The van der Waals surface area contributed by atoms with Gasteiger partial charge in [-0.2, -0.15) is 0 Å². The van der Waals surface area contributed by atoms with E-state index in [9.17, 15) is 0 Å². The molecule has 0 saturated carbocycles. The first-order valence-corrected chi connectivity index (χ1v) is 4.59. The molecule has 1 atom stereocenters. The van der Waals surface area contributed by atoms with Gasteiger partial charge in [0.2, 0.25) is 0 Å². The lowest BCUT2D eigenvalue weighted by molar-refractivity contribution is 0.558. The first-order valence-electron chi connectivity index (χ1n) is 3.71. The van der Waals surface area contributed by atoms with Gasteiger partial charge in [0.1, 0.15) is 0 Å². The number of nitrogens with zero attached hydrogens (tertiary/aromatic N) is 1. The van der Waals surface area contributed by atoms with Crippen LogP contribution in [-0.4, -0.2) is 4.98 Å². The van der Waals surface area contributed by atoms with Gasteiger partial charge >= 0.3 is 0 Å². The highest BCUT2D eigenvalue weighted by Crippen LogP contribution is 2.12. The van der Waals surface area contributed by atoms with Crippen molar-refractivity contribution in [2.24, 2.45) is 5.92 Å². The second-order valence-corrected chi connectivity index (χ2v) is 3.62. The highest BCUT2D eigenvalue weighted by molar-refractivity contribution is 7.09. The molecule has 0 saturated heterocycles. The van der Waals surface area contributed by atoms with Gasteiger partial charge in [0.05, 0.1) is 5.01 Å². The number of hydrogen-bond donors (Lipinski definition) is 0. The molecule has 0 N–H and O–H groups in total. The molecule has 1 rings (SSSR count). The zero-order valence-electron chi connectivity index (χ0n) is 6.50. The molecule has 0 radical (unpaired) electrons. The van der Waals surface area contributed by atoms with Gasteiger partial charge in [-0.3, -0.25) is 0 Å². The SMILES string of the molecule is CC[C@@H](C)Cc1nccs1. The van der Waals surface area contributed by atoms with E-state index in [1.807, 2.05) is 11.6 Å². The van der Waals surface area contributed by atoms with Crippen LogP contribution in [0.5, 0.6) is 0 Å². The monoisotopic (exact) mass is 155 g/mol. The molecular weight excluding hydrogens is 142 g/mol. The van der Waals surface area contributed by atoms with Crippen molar-refractivity contribution in [1.29, 1.82) is 0 Å². The van der Waals surface area contributed by atoms with Crippen molar-refractivity contribution in [3.8, 4) is 0 Å². The summed E-state index contributed by atoms with van der Waals surface area (Å²) >= 11 is 1.76. The number of thiazole rings is 1. The van der Waals surface area contributed by atoms with Gasteiger partial charge in [0.15, 0.2) is 0 Å². The molecule has 0 aliphatic heterocycles. The standard InChI is InChI=1S/C8H13NS/c1-3-7(2)6-8-9-4-5-10-8/h4-5,7H,3,6H2,1-2H3/t7-/m1/s1. The van der Waals surface area contributed by atoms with Gasteiger partial charge in [-0.1, -0.05) is 20.3 Å². The molecule has 1 heterocycles. The van der Waals surface area contributed by atoms with Crippen LogP contribution in [0.1, 0.15) is 25.3 Å². The van der Waals surface area contributed by atoms with E-state index in [4.69, 9.17) is 0 Å². The first-order chi connectivity index (χ1) is 4.83. The van der Waals surface area contributed by atoms with Crippen LogP contribution in [0.25, 0.3) is 0 Å². The molecule has 1 aromatic heterocycles. The predicted octanol–water partition coefficient (Wildman–Crippen LogP) is 2.73. The minimum Gasteiger partial charge on any atom is -0.250 e. The van der Waals surface area contributed by atoms with Crippen LogP contribution < -0.4 is 0 Å². The van der Waals surface area contributed by atoms with Crippen LogP contribution in [0.2, 0.25) is 0 Å². The lowest BCUT2D eigenvalue weighted by Gasteiger charge is -2.03. The lowest BCUT2D eigenvalue weighted by atomic mass is 10.1. The third kappa shape index (κ3) is 2.10. The van der Waals surface area contributed by atoms with E-state index in [0.717, 1.165) is 12.3 Å². The molecule has 1 nitrogen and oxygen atoms in total. The zero-order valence-corrected chi connectivity index (χ0v) is 7.32. The van der Waals surface area contributed by atoms with Crippen LogP contribution >= 0.6 is 11.3 Å². The van der Waals surface area contributed by atoms with E-state index < -0.39 is 0 Å². The van der Waals surface area contributed by atoms with Crippen molar-refractivity contribution in [3.05, 3.63) is 16.6 Å². The smallest absolute Gasteiger partial charge is 0.0927 e. The second kappa shape index (κ2) is 3.71. The Hall–Kier alpha value is -0.370. The van der Waals surface area contributed by atoms with Gasteiger partial charge in [0, 0.05) is 18.0 Å². The van der Waals surface area contributed by atoms with Crippen molar-refractivity contribution in [2.45, 2.75) is 26.7 Å². The van der Waals surface area contributed by atoms with Crippen LogP contribution in [0.4, 0.5) is 0 Å². The Balaban J connectivity index is 2.40. The minimum absolute atomic E-state index is 0.783. The topological polar surface area (TPSA) is 12.9 Å². The molecule has 0 amide bonds. The van der Waals surface area contributed by atoms with Gasteiger partial charge in [-0.25, -0.2) is 4.98 Å². The predicted molar refractivity (Wildman–Crippen MR) is 45.3 cm³/mol. The van der Waals surface area contributed by atoms with E-state index in [2.05, 4.69) is 18.8 Å². The zero-order chi connectivity index (χ0) is 7.40. The number of hydrogen-bond acceptors (Lipinski definition) is 2. The van der Waals surface area contributed by atoms with E-state index in [0.29, 0.717) is 0 Å². The lowest BCUT2D eigenvalue weighted by Crippen LogP contribution is -1.96. The van der Waals surface area contributed by atoms with E-state index in [1.165, 1.54) is 11.4 Å². The van der Waals surface area contributed by atoms with Crippen LogP contribution in [0.3, 0.4) is 0 Å². The summed E-state index contributed by atoms with van der Waals surface area (Å²) < 4.78 is 0. The maximum absolute atomic E-state index is 4.22. The molecule has 56 valence electrons. The third-order valence-electron chi connectivity index (χ3n) is 1.70. The average molecular weight is 155 g/mol. The van der Waals surface area contributed by atoms with Crippen molar-refractivity contribution >= 4 is 11.3 Å². The molecule has 0 unspecified atom stereocenters. The molecule has 0 aromatic carbocycles. The summed E-state index contributed by atoms with van der Waals surface area (Å²) in [5.74, 6) is 0.783. The van der Waals surface area contributed by atoms with E-state index in [-0.39, 0.29) is 0 Å². The first kappa shape index (κ1) is 7.73. The maximum Gasteiger partial charge on any atom is 0.0927 e. The average Bonchev–Trinajstić information content (AvgIpc) is 2.40. The van der Waals surface area contributed by atoms with E-state index in [1.54, 1.807) is 11.3 Å². The van der Waals surface area contributed by atoms with Crippen molar-refractivity contribution < 1.29 is 0 Å². The van der Waals surface area contributed by atoms with Gasteiger partial charge in [-0.05, 0) is 5.92 Å². The Morgan fingerprint density at radius 3 is 3.00 bits per heavy atom.